The number of nitrogens with zero attached hydrogens (tertiary/aromatic N) is 2. The van der Waals surface area contributed by atoms with Crippen molar-refractivity contribution in [1.82, 2.24) is 4.90 Å². The number of carbonyl (C=O) groups is 1. The van der Waals surface area contributed by atoms with Gasteiger partial charge in [-0.25, -0.2) is 0 Å². The summed E-state index contributed by atoms with van der Waals surface area (Å²) in [5, 5.41) is 0. The number of rotatable bonds is 6. The molecule has 126 valence electrons. The first-order valence-electron chi connectivity index (χ1n) is 8.52. The van der Waals surface area contributed by atoms with Crippen molar-refractivity contribution in [1.29, 1.82) is 0 Å². The predicted octanol–water partition coefficient (Wildman–Crippen LogP) is 2.94. The van der Waals surface area contributed by atoms with Crippen LogP contribution in [0.15, 0.2) is 60.7 Å². The molecule has 1 amide bonds. The van der Waals surface area contributed by atoms with Gasteiger partial charge in [-0.2, -0.15) is 0 Å². The molecule has 3 rings (SSSR count). The highest BCUT2D eigenvalue weighted by molar-refractivity contribution is 5.93. The molecular weight excluding hydrogens is 300 g/mol. The van der Waals surface area contributed by atoms with Crippen LogP contribution in [0.4, 0.5) is 5.69 Å². The Hall–Kier alpha value is -2.17. The molecule has 0 aliphatic carbocycles. The second-order valence-electron chi connectivity index (χ2n) is 6.01. The van der Waals surface area contributed by atoms with Gasteiger partial charge in [0, 0.05) is 31.7 Å². The van der Waals surface area contributed by atoms with Crippen molar-refractivity contribution in [3.8, 4) is 0 Å². The molecule has 1 aliphatic rings. The standard InChI is InChI=1S/C20H24N2O2/c23-20(11-12-21-13-15-24-16-14-21)22(19-9-5-2-6-10-19)17-18-7-3-1-4-8-18/h1-10H,11-17H2. The van der Waals surface area contributed by atoms with E-state index >= 15 is 0 Å². The Balaban J connectivity index is 1.67. The Morgan fingerprint density at radius 1 is 0.958 bits per heavy atom. The summed E-state index contributed by atoms with van der Waals surface area (Å²) >= 11 is 0. The first-order chi connectivity index (χ1) is 11.8. The maximum atomic E-state index is 12.9. The third-order valence-electron chi connectivity index (χ3n) is 4.30. The molecule has 2 aromatic carbocycles. The van der Waals surface area contributed by atoms with E-state index in [2.05, 4.69) is 17.0 Å². The van der Waals surface area contributed by atoms with Crippen LogP contribution < -0.4 is 4.90 Å². The summed E-state index contributed by atoms with van der Waals surface area (Å²) in [4.78, 5) is 17.0. The number of carbonyl (C=O) groups excluding carboxylic acids is 1. The van der Waals surface area contributed by atoms with Gasteiger partial charge in [-0.15, -0.1) is 0 Å². The van der Waals surface area contributed by atoms with Crippen LogP contribution in [0.1, 0.15) is 12.0 Å². The fourth-order valence-electron chi connectivity index (χ4n) is 2.91. The van der Waals surface area contributed by atoms with Gasteiger partial charge in [-0.1, -0.05) is 48.5 Å². The number of ether oxygens (including phenoxy) is 1. The van der Waals surface area contributed by atoms with Gasteiger partial charge in [0.1, 0.15) is 0 Å². The number of para-hydroxylation sites is 1. The summed E-state index contributed by atoms with van der Waals surface area (Å²) in [5.74, 6) is 0.163. The van der Waals surface area contributed by atoms with Crippen LogP contribution in [0.25, 0.3) is 0 Å². The van der Waals surface area contributed by atoms with Crippen LogP contribution >= 0.6 is 0 Å². The number of morpholine rings is 1. The van der Waals surface area contributed by atoms with Crippen LogP contribution in [-0.2, 0) is 16.1 Å². The highest BCUT2D eigenvalue weighted by atomic mass is 16.5. The minimum absolute atomic E-state index is 0.163. The zero-order valence-corrected chi connectivity index (χ0v) is 13.9. The van der Waals surface area contributed by atoms with Crippen molar-refractivity contribution in [2.75, 3.05) is 37.7 Å². The van der Waals surface area contributed by atoms with Gasteiger partial charge in [0.25, 0.3) is 0 Å². The Kier molecular flexibility index (Phi) is 5.99. The molecule has 0 N–H and O–H groups in total. The summed E-state index contributed by atoms with van der Waals surface area (Å²) in [6, 6.07) is 20.1. The number of benzene rings is 2. The fraction of sp³-hybridized carbons (Fsp3) is 0.350. The molecule has 0 saturated carbocycles. The highest BCUT2D eigenvalue weighted by Crippen LogP contribution is 2.18. The summed E-state index contributed by atoms with van der Waals surface area (Å²) in [7, 11) is 0. The van der Waals surface area contributed by atoms with Crippen LogP contribution in [0.2, 0.25) is 0 Å². The zero-order chi connectivity index (χ0) is 16.6. The fourth-order valence-corrected chi connectivity index (χ4v) is 2.91. The number of hydrogen-bond donors (Lipinski definition) is 0. The molecule has 4 nitrogen and oxygen atoms in total. The largest absolute Gasteiger partial charge is 0.379 e. The third kappa shape index (κ3) is 4.66. The maximum absolute atomic E-state index is 12.9. The van der Waals surface area contributed by atoms with Crippen LogP contribution in [-0.4, -0.2) is 43.7 Å². The summed E-state index contributed by atoms with van der Waals surface area (Å²) in [6.07, 6.45) is 0.529. The van der Waals surface area contributed by atoms with Crippen molar-refractivity contribution < 1.29 is 9.53 Å². The predicted molar refractivity (Wildman–Crippen MR) is 96.0 cm³/mol. The molecule has 1 aliphatic heterocycles. The average molecular weight is 324 g/mol. The lowest BCUT2D eigenvalue weighted by molar-refractivity contribution is -0.119. The monoisotopic (exact) mass is 324 g/mol. The van der Waals surface area contributed by atoms with E-state index in [1.165, 1.54) is 0 Å². The molecule has 1 fully saturated rings. The van der Waals surface area contributed by atoms with E-state index in [0.717, 1.165) is 44.1 Å². The molecule has 0 radical (unpaired) electrons. The highest BCUT2D eigenvalue weighted by Gasteiger charge is 2.18. The van der Waals surface area contributed by atoms with Gasteiger partial charge in [0.05, 0.1) is 19.8 Å². The number of amides is 1. The lowest BCUT2D eigenvalue weighted by Crippen LogP contribution is -2.39. The van der Waals surface area contributed by atoms with Crippen LogP contribution in [0.3, 0.4) is 0 Å². The lowest BCUT2D eigenvalue weighted by atomic mass is 10.1. The van der Waals surface area contributed by atoms with E-state index in [0.29, 0.717) is 13.0 Å². The Bertz CT molecular complexity index is 625. The summed E-state index contributed by atoms with van der Waals surface area (Å²) in [5.41, 5.74) is 2.09. The maximum Gasteiger partial charge on any atom is 0.228 e. The Labute approximate surface area is 143 Å². The van der Waals surface area contributed by atoms with Crippen molar-refractivity contribution in [2.45, 2.75) is 13.0 Å². The lowest BCUT2D eigenvalue weighted by Gasteiger charge is -2.28. The Morgan fingerprint density at radius 2 is 1.58 bits per heavy atom. The van der Waals surface area contributed by atoms with Gasteiger partial charge in [-0.05, 0) is 17.7 Å². The second-order valence-corrected chi connectivity index (χ2v) is 6.01. The number of hydrogen-bond acceptors (Lipinski definition) is 3. The van der Waals surface area contributed by atoms with Crippen LogP contribution in [0.5, 0.6) is 0 Å². The second kappa shape index (κ2) is 8.62. The quantitative estimate of drug-likeness (QED) is 0.819. The molecule has 0 spiro atoms. The molecule has 0 atom stereocenters. The molecule has 0 aromatic heterocycles. The van der Waals surface area contributed by atoms with Crippen molar-refractivity contribution >= 4 is 11.6 Å². The van der Waals surface area contributed by atoms with E-state index in [9.17, 15) is 4.79 Å². The molecule has 1 heterocycles. The van der Waals surface area contributed by atoms with E-state index in [1.807, 2.05) is 53.4 Å². The molecule has 0 unspecified atom stereocenters. The van der Waals surface area contributed by atoms with E-state index in [-0.39, 0.29) is 5.91 Å². The van der Waals surface area contributed by atoms with Gasteiger partial charge in [0.15, 0.2) is 0 Å². The molecule has 4 heteroatoms. The molecular formula is C20H24N2O2. The SMILES string of the molecule is O=C(CCN1CCOCC1)N(Cc1ccccc1)c1ccccc1. The van der Waals surface area contributed by atoms with Gasteiger partial charge in [-0.3, -0.25) is 9.69 Å². The van der Waals surface area contributed by atoms with E-state index in [1.54, 1.807) is 0 Å². The topological polar surface area (TPSA) is 32.8 Å². The molecule has 2 aromatic rings. The van der Waals surface area contributed by atoms with Crippen molar-refractivity contribution in [3.63, 3.8) is 0 Å². The third-order valence-corrected chi connectivity index (χ3v) is 4.30. The zero-order valence-electron chi connectivity index (χ0n) is 13.9. The minimum atomic E-state index is 0.163. The smallest absolute Gasteiger partial charge is 0.228 e. The summed E-state index contributed by atoms with van der Waals surface area (Å²) < 4.78 is 5.37. The molecule has 0 bridgehead atoms. The minimum Gasteiger partial charge on any atom is -0.379 e. The summed E-state index contributed by atoms with van der Waals surface area (Å²) in [6.45, 7) is 4.75. The first kappa shape index (κ1) is 16.7. The molecule has 1 saturated heterocycles. The van der Waals surface area contributed by atoms with Crippen molar-refractivity contribution in [2.24, 2.45) is 0 Å². The van der Waals surface area contributed by atoms with Gasteiger partial charge >= 0.3 is 0 Å². The normalized spacial score (nSPS) is 15.2. The molecule has 24 heavy (non-hydrogen) atoms. The van der Waals surface area contributed by atoms with Crippen molar-refractivity contribution in [3.05, 3.63) is 66.2 Å². The van der Waals surface area contributed by atoms with E-state index < -0.39 is 0 Å². The van der Waals surface area contributed by atoms with Crippen LogP contribution in [0, 0.1) is 0 Å². The van der Waals surface area contributed by atoms with E-state index in [4.69, 9.17) is 4.74 Å². The Morgan fingerprint density at radius 3 is 2.25 bits per heavy atom. The average Bonchev–Trinajstić information content (AvgIpc) is 2.66. The first-order valence-corrected chi connectivity index (χ1v) is 8.52. The number of anilines is 1. The van der Waals surface area contributed by atoms with Gasteiger partial charge < -0.3 is 9.64 Å². The van der Waals surface area contributed by atoms with Gasteiger partial charge in [0.2, 0.25) is 5.91 Å².